The summed E-state index contributed by atoms with van der Waals surface area (Å²) < 4.78 is 0. The predicted molar refractivity (Wildman–Crippen MR) is 71.4 cm³/mol. The maximum atomic E-state index is 12.5. The fourth-order valence-corrected chi connectivity index (χ4v) is 3.26. The molecule has 2 aliphatic carbocycles. The normalized spacial score (nSPS) is 23.0. The molecule has 0 aromatic carbocycles. The van der Waals surface area contributed by atoms with E-state index < -0.39 is 18.1 Å². The lowest BCUT2D eigenvalue weighted by molar-refractivity contribution is -0.136. The van der Waals surface area contributed by atoms with Crippen LogP contribution in [0.25, 0.3) is 0 Å². The molecule has 0 radical (unpaired) electrons. The van der Waals surface area contributed by atoms with Gasteiger partial charge in [0.05, 0.1) is 0 Å². The molecule has 0 aliphatic heterocycles. The van der Waals surface area contributed by atoms with Gasteiger partial charge in [0.15, 0.2) is 0 Å². The largest absolute Gasteiger partial charge is 0.387 e. The molecule has 3 N–H and O–H groups in total. The molecule has 5 nitrogen and oxygen atoms in total. The van der Waals surface area contributed by atoms with Gasteiger partial charge in [-0.3, -0.25) is 9.59 Å². The van der Waals surface area contributed by atoms with Gasteiger partial charge < -0.3 is 15.7 Å². The third-order valence-corrected chi connectivity index (χ3v) is 4.35. The third-order valence-electron chi connectivity index (χ3n) is 4.35. The van der Waals surface area contributed by atoms with Gasteiger partial charge >= 0.3 is 0 Å². The Balaban J connectivity index is 2.02. The van der Waals surface area contributed by atoms with Crippen molar-refractivity contribution in [3.05, 3.63) is 0 Å². The molecule has 0 bridgehead atoms. The molecule has 0 aromatic rings. The second kappa shape index (κ2) is 6.37. The molecular weight excluding hydrogens is 244 g/mol. The summed E-state index contributed by atoms with van der Waals surface area (Å²) in [6.07, 6.45) is 8.77. The summed E-state index contributed by atoms with van der Waals surface area (Å²) in [4.78, 5) is 24.0. The standard InChI is InChI=1S/C14H24N2O3/c17-10-12(18)16-14(8-4-1-5-9-14)13(19)15-11-6-2-3-7-11/h11,17H,1-10H2,(H,15,19)(H,16,18). The first-order chi connectivity index (χ1) is 9.16. The zero-order chi connectivity index (χ0) is 13.7. The number of hydrogen-bond donors (Lipinski definition) is 3. The minimum absolute atomic E-state index is 0.0547. The number of hydrogen-bond acceptors (Lipinski definition) is 3. The highest BCUT2D eigenvalue weighted by Gasteiger charge is 2.41. The summed E-state index contributed by atoms with van der Waals surface area (Å²) in [5, 5.41) is 14.7. The Kier molecular flexibility index (Phi) is 4.80. The van der Waals surface area contributed by atoms with E-state index in [2.05, 4.69) is 10.6 Å². The van der Waals surface area contributed by atoms with Crippen LogP contribution in [-0.2, 0) is 9.59 Å². The second-order valence-corrected chi connectivity index (χ2v) is 5.80. The van der Waals surface area contributed by atoms with E-state index in [1.165, 1.54) is 12.8 Å². The molecule has 2 aliphatic rings. The van der Waals surface area contributed by atoms with Crippen LogP contribution in [0.3, 0.4) is 0 Å². The van der Waals surface area contributed by atoms with Crippen molar-refractivity contribution >= 4 is 11.8 Å². The fraction of sp³-hybridized carbons (Fsp3) is 0.857. The second-order valence-electron chi connectivity index (χ2n) is 5.80. The molecular formula is C14H24N2O3. The monoisotopic (exact) mass is 268 g/mol. The van der Waals surface area contributed by atoms with Crippen LogP contribution in [-0.4, -0.2) is 35.1 Å². The Morgan fingerprint density at radius 3 is 2.26 bits per heavy atom. The first-order valence-corrected chi connectivity index (χ1v) is 7.39. The molecule has 2 fully saturated rings. The Labute approximate surface area is 114 Å². The molecule has 0 atom stereocenters. The number of rotatable bonds is 4. The van der Waals surface area contributed by atoms with Crippen LogP contribution in [0.4, 0.5) is 0 Å². The van der Waals surface area contributed by atoms with E-state index in [0.717, 1.165) is 32.1 Å². The van der Waals surface area contributed by atoms with E-state index in [1.54, 1.807) is 0 Å². The summed E-state index contributed by atoms with van der Waals surface area (Å²) in [5.74, 6) is -0.510. The number of nitrogens with one attached hydrogen (secondary N) is 2. The van der Waals surface area contributed by atoms with Crippen molar-refractivity contribution in [2.75, 3.05) is 6.61 Å². The fourth-order valence-electron chi connectivity index (χ4n) is 3.26. The van der Waals surface area contributed by atoms with E-state index >= 15 is 0 Å². The molecule has 108 valence electrons. The van der Waals surface area contributed by atoms with Crippen molar-refractivity contribution < 1.29 is 14.7 Å². The van der Waals surface area contributed by atoms with Crippen molar-refractivity contribution in [3.63, 3.8) is 0 Å². The van der Waals surface area contributed by atoms with Crippen molar-refractivity contribution in [2.45, 2.75) is 69.4 Å². The van der Waals surface area contributed by atoms with Gasteiger partial charge in [0.25, 0.3) is 0 Å². The van der Waals surface area contributed by atoms with Crippen molar-refractivity contribution in [1.29, 1.82) is 0 Å². The van der Waals surface area contributed by atoms with Crippen molar-refractivity contribution in [2.24, 2.45) is 0 Å². The number of carbonyl (C=O) groups excluding carboxylic acids is 2. The van der Waals surface area contributed by atoms with Crippen LogP contribution < -0.4 is 10.6 Å². The van der Waals surface area contributed by atoms with Crippen molar-refractivity contribution in [1.82, 2.24) is 10.6 Å². The van der Waals surface area contributed by atoms with Crippen molar-refractivity contribution in [3.8, 4) is 0 Å². The van der Waals surface area contributed by atoms with E-state index in [9.17, 15) is 9.59 Å². The highest BCUT2D eigenvalue weighted by Crippen LogP contribution is 2.29. The summed E-state index contributed by atoms with van der Waals surface area (Å²) in [7, 11) is 0. The van der Waals surface area contributed by atoms with Crippen LogP contribution in [0.15, 0.2) is 0 Å². The highest BCUT2D eigenvalue weighted by atomic mass is 16.3. The lowest BCUT2D eigenvalue weighted by atomic mass is 9.80. The zero-order valence-corrected chi connectivity index (χ0v) is 11.4. The smallest absolute Gasteiger partial charge is 0.246 e. The first-order valence-electron chi connectivity index (χ1n) is 7.39. The minimum atomic E-state index is -0.791. The molecule has 2 amide bonds. The molecule has 0 aromatic heterocycles. The molecule has 0 spiro atoms. The first kappa shape index (κ1) is 14.3. The van der Waals surface area contributed by atoms with Crippen LogP contribution in [0.2, 0.25) is 0 Å². The molecule has 0 unspecified atom stereocenters. The molecule has 0 saturated heterocycles. The average Bonchev–Trinajstić information content (AvgIpc) is 2.92. The Hall–Kier alpha value is -1.10. The third kappa shape index (κ3) is 3.47. The maximum absolute atomic E-state index is 12.5. The van der Waals surface area contributed by atoms with Gasteiger partial charge in [-0.15, -0.1) is 0 Å². The Morgan fingerprint density at radius 2 is 1.68 bits per heavy atom. The SMILES string of the molecule is O=C(CO)NC1(C(=O)NC2CCCC2)CCCCC1. The highest BCUT2D eigenvalue weighted by molar-refractivity contribution is 5.92. The average molecular weight is 268 g/mol. The number of aliphatic hydroxyl groups is 1. The van der Waals surface area contributed by atoms with E-state index in [4.69, 9.17) is 5.11 Å². The van der Waals surface area contributed by atoms with Gasteiger partial charge in [-0.25, -0.2) is 0 Å². The lowest BCUT2D eigenvalue weighted by Gasteiger charge is -2.37. The van der Waals surface area contributed by atoms with E-state index in [1.807, 2.05) is 0 Å². The summed E-state index contributed by atoms with van der Waals surface area (Å²) in [6, 6.07) is 0.261. The number of carbonyl (C=O) groups is 2. The van der Waals surface area contributed by atoms with Crippen LogP contribution in [0.5, 0.6) is 0 Å². The lowest BCUT2D eigenvalue weighted by Crippen LogP contribution is -2.61. The molecule has 2 rings (SSSR count). The topological polar surface area (TPSA) is 78.4 Å². The van der Waals surface area contributed by atoms with Gasteiger partial charge in [0, 0.05) is 6.04 Å². The minimum Gasteiger partial charge on any atom is -0.387 e. The molecule has 5 heteroatoms. The zero-order valence-electron chi connectivity index (χ0n) is 11.4. The number of amides is 2. The summed E-state index contributed by atoms with van der Waals surface area (Å²) in [5.41, 5.74) is -0.791. The summed E-state index contributed by atoms with van der Waals surface area (Å²) >= 11 is 0. The predicted octanol–water partition coefficient (Wildman–Crippen LogP) is 0.857. The van der Waals surface area contributed by atoms with Gasteiger partial charge in [-0.05, 0) is 25.7 Å². The van der Waals surface area contributed by atoms with Crippen LogP contribution >= 0.6 is 0 Å². The van der Waals surface area contributed by atoms with Gasteiger partial charge in [0.1, 0.15) is 12.1 Å². The van der Waals surface area contributed by atoms with Gasteiger partial charge in [0.2, 0.25) is 11.8 Å². The van der Waals surface area contributed by atoms with E-state index in [-0.39, 0.29) is 11.9 Å². The molecule has 19 heavy (non-hydrogen) atoms. The van der Waals surface area contributed by atoms with E-state index in [0.29, 0.717) is 12.8 Å². The van der Waals surface area contributed by atoms with Gasteiger partial charge in [-0.2, -0.15) is 0 Å². The quantitative estimate of drug-likeness (QED) is 0.707. The van der Waals surface area contributed by atoms with Crippen LogP contribution in [0.1, 0.15) is 57.8 Å². The van der Waals surface area contributed by atoms with Gasteiger partial charge in [-0.1, -0.05) is 32.1 Å². The maximum Gasteiger partial charge on any atom is 0.246 e. The summed E-state index contributed by atoms with van der Waals surface area (Å²) in [6.45, 7) is -0.557. The molecule has 2 saturated carbocycles. The Morgan fingerprint density at radius 1 is 1.05 bits per heavy atom. The van der Waals surface area contributed by atoms with Crippen LogP contribution in [0, 0.1) is 0 Å². The number of aliphatic hydroxyl groups excluding tert-OH is 1. The Bertz CT molecular complexity index is 332. The molecule has 0 heterocycles.